The van der Waals surface area contributed by atoms with Crippen molar-refractivity contribution < 1.29 is 14.5 Å². The molecule has 8 heteroatoms. The van der Waals surface area contributed by atoms with Crippen molar-refractivity contribution in [3.05, 3.63) is 111 Å². The van der Waals surface area contributed by atoms with Gasteiger partial charge in [-0.05, 0) is 47.9 Å². The number of rotatable bonds is 9. The molecular weight excluding hydrogens is 444 g/mol. The first-order valence-electron chi connectivity index (χ1n) is 11.0. The number of carbonyl (C=O) groups excluding carboxylic acids is 1. The molecule has 0 saturated heterocycles. The third-order valence-electron chi connectivity index (χ3n) is 5.48. The fourth-order valence-electron chi connectivity index (χ4n) is 3.65. The topological polar surface area (TPSA) is 121 Å². The number of ether oxygens (including phenoxy) is 1. The molecule has 35 heavy (non-hydrogen) atoms. The molecule has 3 aromatic carbocycles. The van der Waals surface area contributed by atoms with Gasteiger partial charge in [-0.25, -0.2) is 0 Å². The van der Waals surface area contributed by atoms with Crippen molar-refractivity contribution in [3.8, 4) is 11.8 Å². The van der Waals surface area contributed by atoms with Gasteiger partial charge in [-0.1, -0.05) is 36.4 Å². The van der Waals surface area contributed by atoms with Crippen molar-refractivity contribution in [2.75, 3.05) is 6.54 Å². The SMILES string of the molecule is N#C/C(=C/c1ccccc1OCc1ccc([N+](=O)[O-])cc1)C(=O)NCCc1c[nH]c2ccccc12. The third kappa shape index (κ3) is 5.72. The normalized spacial score (nSPS) is 11.1. The second kappa shape index (κ2) is 10.8. The van der Waals surface area contributed by atoms with Gasteiger partial charge in [-0.15, -0.1) is 0 Å². The summed E-state index contributed by atoms with van der Waals surface area (Å²) in [5.41, 5.74) is 3.44. The molecule has 4 rings (SSSR count). The maximum Gasteiger partial charge on any atom is 0.269 e. The van der Waals surface area contributed by atoms with Crippen molar-refractivity contribution in [1.29, 1.82) is 5.26 Å². The van der Waals surface area contributed by atoms with E-state index in [-0.39, 0.29) is 17.9 Å². The van der Waals surface area contributed by atoms with E-state index in [9.17, 15) is 20.2 Å². The van der Waals surface area contributed by atoms with Crippen LogP contribution in [0.15, 0.2) is 84.6 Å². The zero-order chi connectivity index (χ0) is 24.6. The van der Waals surface area contributed by atoms with Crippen molar-refractivity contribution in [1.82, 2.24) is 10.3 Å². The number of fused-ring (bicyclic) bond motifs is 1. The van der Waals surface area contributed by atoms with Crippen molar-refractivity contribution in [3.63, 3.8) is 0 Å². The van der Waals surface area contributed by atoms with Crippen LogP contribution in [-0.4, -0.2) is 22.4 Å². The molecule has 0 aliphatic rings. The van der Waals surface area contributed by atoms with Crippen LogP contribution < -0.4 is 10.1 Å². The lowest BCUT2D eigenvalue weighted by Gasteiger charge is -2.10. The minimum atomic E-state index is -0.461. The quantitative estimate of drug-likeness (QED) is 0.157. The summed E-state index contributed by atoms with van der Waals surface area (Å²) in [7, 11) is 0. The molecule has 0 saturated carbocycles. The largest absolute Gasteiger partial charge is 0.488 e. The third-order valence-corrected chi connectivity index (χ3v) is 5.48. The number of amides is 1. The number of nitro groups is 1. The fraction of sp³-hybridized carbons (Fsp3) is 0.111. The first-order valence-corrected chi connectivity index (χ1v) is 11.0. The van der Waals surface area contributed by atoms with E-state index in [1.54, 1.807) is 36.4 Å². The Kier molecular flexibility index (Phi) is 7.19. The van der Waals surface area contributed by atoms with Gasteiger partial charge in [0.1, 0.15) is 24.0 Å². The highest BCUT2D eigenvalue weighted by atomic mass is 16.6. The highest BCUT2D eigenvalue weighted by molar-refractivity contribution is 6.02. The van der Waals surface area contributed by atoms with E-state index in [1.165, 1.54) is 18.2 Å². The Hall–Kier alpha value is -4.90. The molecular formula is C27H22N4O4. The molecule has 1 amide bonds. The number of para-hydroxylation sites is 2. The van der Waals surface area contributed by atoms with Crippen LogP contribution in [0.2, 0.25) is 0 Å². The van der Waals surface area contributed by atoms with Crippen LogP contribution in [0.25, 0.3) is 17.0 Å². The maximum absolute atomic E-state index is 12.6. The molecule has 0 aliphatic heterocycles. The number of nitrogens with zero attached hydrogens (tertiary/aromatic N) is 2. The number of aromatic amines is 1. The first kappa shape index (κ1) is 23.3. The molecule has 0 bridgehead atoms. The standard InChI is InChI=1S/C27H22N4O4/c28-16-22(27(32)29-14-13-21-17-30-25-7-3-2-6-24(21)25)15-20-5-1-4-8-26(20)35-18-19-9-11-23(12-10-19)31(33)34/h1-12,15,17,30H,13-14,18H2,(H,29,32)/b22-15-. The van der Waals surface area contributed by atoms with E-state index >= 15 is 0 Å². The summed E-state index contributed by atoms with van der Waals surface area (Å²) in [6, 6.07) is 23.1. The summed E-state index contributed by atoms with van der Waals surface area (Å²) < 4.78 is 5.86. The number of H-pyrrole nitrogens is 1. The summed E-state index contributed by atoms with van der Waals surface area (Å²) in [5, 5.41) is 24.3. The Morgan fingerprint density at radius 1 is 1.09 bits per heavy atom. The number of carbonyl (C=O) groups is 1. The highest BCUT2D eigenvalue weighted by Gasteiger charge is 2.12. The van der Waals surface area contributed by atoms with Crippen LogP contribution in [0.1, 0.15) is 16.7 Å². The van der Waals surface area contributed by atoms with E-state index in [0.717, 1.165) is 22.0 Å². The Morgan fingerprint density at radius 3 is 2.60 bits per heavy atom. The number of hydrogen-bond acceptors (Lipinski definition) is 5. The van der Waals surface area contributed by atoms with Gasteiger partial charge in [-0.3, -0.25) is 14.9 Å². The van der Waals surface area contributed by atoms with Gasteiger partial charge in [-0.2, -0.15) is 5.26 Å². The predicted octanol–water partition coefficient (Wildman–Crippen LogP) is 4.92. The van der Waals surface area contributed by atoms with Crippen LogP contribution >= 0.6 is 0 Å². The molecule has 1 aromatic heterocycles. The van der Waals surface area contributed by atoms with Gasteiger partial charge in [0.25, 0.3) is 11.6 Å². The number of hydrogen-bond donors (Lipinski definition) is 2. The number of aromatic nitrogens is 1. The predicted molar refractivity (Wildman–Crippen MR) is 132 cm³/mol. The summed E-state index contributed by atoms with van der Waals surface area (Å²) in [6.07, 6.45) is 4.05. The smallest absolute Gasteiger partial charge is 0.269 e. The van der Waals surface area contributed by atoms with E-state index in [2.05, 4.69) is 10.3 Å². The number of nitro benzene ring substituents is 1. The number of nitriles is 1. The average Bonchev–Trinajstić information content (AvgIpc) is 3.29. The zero-order valence-electron chi connectivity index (χ0n) is 18.7. The van der Waals surface area contributed by atoms with Gasteiger partial charge < -0.3 is 15.0 Å². The molecule has 174 valence electrons. The molecule has 0 fully saturated rings. The van der Waals surface area contributed by atoms with Crippen LogP contribution in [0.3, 0.4) is 0 Å². The Morgan fingerprint density at radius 2 is 1.83 bits per heavy atom. The van der Waals surface area contributed by atoms with Gasteiger partial charge in [0.2, 0.25) is 0 Å². The molecule has 2 N–H and O–H groups in total. The maximum atomic E-state index is 12.6. The molecule has 1 heterocycles. The minimum Gasteiger partial charge on any atom is -0.488 e. The second-order valence-electron chi connectivity index (χ2n) is 7.79. The highest BCUT2D eigenvalue weighted by Crippen LogP contribution is 2.23. The lowest BCUT2D eigenvalue weighted by Crippen LogP contribution is -2.26. The summed E-state index contributed by atoms with van der Waals surface area (Å²) in [5.74, 6) is 0.0303. The molecule has 0 unspecified atom stereocenters. The Bertz CT molecular complexity index is 1430. The number of benzene rings is 3. The van der Waals surface area contributed by atoms with Crippen LogP contribution in [-0.2, 0) is 17.8 Å². The Balaban J connectivity index is 1.40. The van der Waals surface area contributed by atoms with E-state index in [1.807, 2.05) is 36.5 Å². The number of non-ortho nitro benzene ring substituents is 1. The Labute approximate surface area is 201 Å². The summed E-state index contributed by atoms with van der Waals surface area (Å²) >= 11 is 0. The fourth-order valence-corrected chi connectivity index (χ4v) is 3.65. The first-order chi connectivity index (χ1) is 17.0. The summed E-state index contributed by atoms with van der Waals surface area (Å²) in [6.45, 7) is 0.569. The molecule has 0 radical (unpaired) electrons. The van der Waals surface area contributed by atoms with Crippen molar-refractivity contribution in [2.24, 2.45) is 0 Å². The average molecular weight is 466 g/mol. The molecule has 4 aromatic rings. The van der Waals surface area contributed by atoms with Crippen LogP contribution in [0.5, 0.6) is 5.75 Å². The molecule has 8 nitrogen and oxygen atoms in total. The van der Waals surface area contributed by atoms with Crippen molar-refractivity contribution in [2.45, 2.75) is 13.0 Å². The van der Waals surface area contributed by atoms with E-state index < -0.39 is 10.8 Å². The van der Waals surface area contributed by atoms with Crippen LogP contribution in [0.4, 0.5) is 5.69 Å². The second-order valence-corrected chi connectivity index (χ2v) is 7.79. The van der Waals surface area contributed by atoms with E-state index in [0.29, 0.717) is 24.3 Å². The molecule has 0 atom stereocenters. The van der Waals surface area contributed by atoms with Gasteiger partial charge >= 0.3 is 0 Å². The number of nitrogens with one attached hydrogen (secondary N) is 2. The van der Waals surface area contributed by atoms with Gasteiger partial charge in [0.15, 0.2) is 0 Å². The van der Waals surface area contributed by atoms with E-state index in [4.69, 9.17) is 4.74 Å². The molecule has 0 spiro atoms. The van der Waals surface area contributed by atoms with Crippen LogP contribution in [0, 0.1) is 21.4 Å². The molecule has 0 aliphatic carbocycles. The van der Waals surface area contributed by atoms with Gasteiger partial charge in [0.05, 0.1) is 4.92 Å². The van der Waals surface area contributed by atoms with Crippen molar-refractivity contribution >= 4 is 28.6 Å². The summed E-state index contributed by atoms with van der Waals surface area (Å²) in [4.78, 5) is 26.2. The minimum absolute atomic E-state index is 0.00597. The monoisotopic (exact) mass is 466 g/mol. The lowest BCUT2D eigenvalue weighted by atomic mass is 10.1. The zero-order valence-corrected chi connectivity index (χ0v) is 18.7. The van der Waals surface area contributed by atoms with Gasteiger partial charge in [0, 0.05) is 41.3 Å². The lowest BCUT2D eigenvalue weighted by molar-refractivity contribution is -0.384.